The third kappa shape index (κ3) is 4.81. The first kappa shape index (κ1) is 20.4. The van der Waals surface area contributed by atoms with Gasteiger partial charge in [-0.1, -0.05) is 24.3 Å². The van der Waals surface area contributed by atoms with Crippen LogP contribution in [0.25, 0.3) is 10.9 Å². The number of ether oxygens (including phenoxy) is 2. The van der Waals surface area contributed by atoms with Gasteiger partial charge in [0.05, 0.1) is 35.7 Å². The lowest BCUT2D eigenvalue weighted by molar-refractivity contribution is -0.0352. The van der Waals surface area contributed by atoms with E-state index in [9.17, 15) is 4.79 Å². The average Bonchev–Trinajstić information content (AvgIpc) is 2.79. The Labute approximate surface area is 176 Å². The van der Waals surface area contributed by atoms with E-state index >= 15 is 0 Å². The molecule has 1 aliphatic rings. The van der Waals surface area contributed by atoms with Crippen molar-refractivity contribution < 1.29 is 14.3 Å². The molecule has 1 saturated heterocycles. The van der Waals surface area contributed by atoms with Crippen LogP contribution < -0.4 is 5.32 Å². The van der Waals surface area contributed by atoms with Crippen LogP contribution in [-0.4, -0.2) is 60.7 Å². The van der Waals surface area contributed by atoms with E-state index in [-0.39, 0.29) is 12.0 Å². The summed E-state index contributed by atoms with van der Waals surface area (Å²) in [5.74, 6) is -0.131. The minimum absolute atomic E-state index is 0.131. The van der Waals surface area contributed by atoms with Gasteiger partial charge in [-0.3, -0.25) is 14.7 Å². The van der Waals surface area contributed by atoms with Crippen LogP contribution in [0.2, 0.25) is 0 Å². The minimum Gasteiger partial charge on any atom is -0.383 e. The number of pyridine rings is 2. The Morgan fingerprint density at radius 2 is 2.13 bits per heavy atom. The van der Waals surface area contributed by atoms with Crippen molar-refractivity contribution in [2.24, 2.45) is 0 Å². The molecule has 30 heavy (non-hydrogen) atoms. The van der Waals surface area contributed by atoms with Gasteiger partial charge in [0.25, 0.3) is 5.91 Å². The van der Waals surface area contributed by atoms with E-state index in [0.29, 0.717) is 31.9 Å². The van der Waals surface area contributed by atoms with Gasteiger partial charge in [0.1, 0.15) is 6.10 Å². The van der Waals surface area contributed by atoms with Crippen molar-refractivity contribution in [2.75, 3.05) is 40.0 Å². The van der Waals surface area contributed by atoms with Gasteiger partial charge in [0, 0.05) is 44.9 Å². The fourth-order valence-electron chi connectivity index (χ4n) is 3.66. The van der Waals surface area contributed by atoms with Crippen LogP contribution in [0, 0.1) is 0 Å². The second-order valence-electron chi connectivity index (χ2n) is 7.28. The average molecular weight is 406 g/mol. The third-order valence-corrected chi connectivity index (χ3v) is 5.16. The van der Waals surface area contributed by atoms with E-state index in [0.717, 1.165) is 35.4 Å². The van der Waals surface area contributed by atoms with Crippen molar-refractivity contribution >= 4 is 16.8 Å². The highest BCUT2D eigenvalue weighted by Gasteiger charge is 2.25. The molecule has 1 fully saturated rings. The maximum atomic E-state index is 12.8. The number of carbonyl (C=O) groups excluding carboxylic acids is 1. The molecule has 7 nitrogen and oxygen atoms in total. The minimum atomic E-state index is -0.197. The lowest BCUT2D eigenvalue weighted by Crippen LogP contribution is -2.38. The van der Waals surface area contributed by atoms with E-state index in [2.05, 4.69) is 15.2 Å². The zero-order valence-electron chi connectivity index (χ0n) is 17.1. The molecule has 0 aliphatic carbocycles. The van der Waals surface area contributed by atoms with Gasteiger partial charge in [-0.15, -0.1) is 0 Å². The van der Waals surface area contributed by atoms with Crippen LogP contribution in [-0.2, 0) is 16.0 Å². The molecular weight excluding hydrogens is 380 g/mol. The fraction of sp³-hybridized carbons (Fsp3) is 0.348. The van der Waals surface area contributed by atoms with Gasteiger partial charge in [0.15, 0.2) is 0 Å². The standard InChI is InChI=1S/C23H26N4O3/c1-29-12-10-25-23(28)19-14-21(26-20-8-3-2-7-18(19)20)22-16-27(11-13-30-22)15-17-6-4-5-9-24-17/h2-9,14,22H,10-13,15-16H2,1H3,(H,25,28)/t22-/m1/s1. The number of methoxy groups -OCH3 is 1. The first-order valence-electron chi connectivity index (χ1n) is 10.2. The lowest BCUT2D eigenvalue weighted by atomic mass is 10.0. The summed E-state index contributed by atoms with van der Waals surface area (Å²) in [4.78, 5) is 24.4. The molecule has 0 radical (unpaired) electrons. The molecule has 2 aromatic heterocycles. The largest absolute Gasteiger partial charge is 0.383 e. The summed E-state index contributed by atoms with van der Waals surface area (Å²) in [6.07, 6.45) is 1.62. The Bertz CT molecular complexity index is 996. The Morgan fingerprint density at radius 1 is 1.27 bits per heavy atom. The molecule has 0 bridgehead atoms. The summed E-state index contributed by atoms with van der Waals surface area (Å²) in [5.41, 5.74) is 3.20. The number of rotatable bonds is 7. The Hall–Kier alpha value is -2.87. The highest BCUT2D eigenvalue weighted by atomic mass is 16.5. The quantitative estimate of drug-likeness (QED) is 0.608. The molecule has 1 N–H and O–H groups in total. The van der Waals surface area contributed by atoms with Crippen molar-refractivity contribution in [3.63, 3.8) is 0 Å². The third-order valence-electron chi connectivity index (χ3n) is 5.16. The first-order valence-corrected chi connectivity index (χ1v) is 10.2. The Morgan fingerprint density at radius 3 is 2.97 bits per heavy atom. The second kappa shape index (κ2) is 9.75. The molecule has 3 aromatic rings. The number of morpholine rings is 1. The highest BCUT2D eigenvalue weighted by Crippen LogP contribution is 2.26. The number of amides is 1. The molecule has 3 heterocycles. The van der Waals surface area contributed by atoms with Gasteiger partial charge in [0.2, 0.25) is 0 Å². The monoisotopic (exact) mass is 406 g/mol. The fourth-order valence-corrected chi connectivity index (χ4v) is 3.66. The van der Waals surface area contributed by atoms with Crippen LogP contribution >= 0.6 is 0 Å². The summed E-state index contributed by atoms with van der Waals surface area (Å²) in [6, 6.07) is 15.5. The van der Waals surface area contributed by atoms with E-state index < -0.39 is 0 Å². The van der Waals surface area contributed by atoms with Crippen LogP contribution in [0.1, 0.15) is 27.8 Å². The summed E-state index contributed by atoms with van der Waals surface area (Å²) < 4.78 is 11.1. The zero-order chi connectivity index (χ0) is 20.8. The summed E-state index contributed by atoms with van der Waals surface area (Å²) in [5, 5.41) is 3.74. The SMILES string of the molecule is COCCNC(=O)c1cc([C@H]2CN(Cc3ccccn3)CCO2)nc2ccccc12. The molecule has 1 atom stereocenters. The van der Waals surface area contributed by atoms with Gasteiger partial charge >= 0.3 is 0 Å². The summed E-state index contributed by atoms with van der Waals surface area (Å²) >= 11 is 0. The van der Waals surface area contributed by atoms with E-state index in [4.69, 9.17) is 14.5 Å². The number of aromatic nitrogens is 2. The summed E-state index contributed by atoms with van der Waals surface area (Å²) in [6.45, 7) is 3.84. The van der Waals surface area contributed by atoms with Crippen molar-refractivity contribution in [1.29, 1.82) is 0 Å². The zero-order valence-corrected chi connectivity index (χ0v) is 17.1. The number of nitrogens with one attached hydrogen (secondary N) is 1. The topological polar surface area (TPSA) is 76.6 Å². The molecule has 1 aromatic carbocycles. The lowest BCUT2D eigenvalue weighted by Gasteiger charge is -2.32. The van der Waals surface area contributed by atoms with Crippen molar-refractivity contribution in [3.8, 4) is 0 Å². The maximum Gasteiger partial charge on any atom is 0.252 e. The number of hydrogen-bond acceptors (Lipinski definition) is 6. The maximum absolute atomic E-state index is 12.8. The number of hydrogen-bond donors (Lipinski definition) is 1. The Kier molecular flexibility index (Phi) is 6.63. The van der Waals surface area contributed by atoms with Gasteiger partial charge in [-0.25, -0.2) is 4.98 Å². The Balaban J connectivity index is 1.57. The predicted molar refractivity (Wildman–Crippen MR) is 114 cm³/mol. The second-order valence-corrected chi connectivity index (χ2v) is 7.28. The van der Waals surface area contributed by atoms with Gasteiger partial charge in [-0.2, -0.15) is 0 Å². The molecule has 156 valence electrons. The predicted octanol–water partition coefficient (Wildman–Crippen LogP) is 2.58. The number of para-hydroxylation sites is 1. The normalized spacial score (nSPS) is 17.2. The molecule has 7 heteroatoms. The highest BCUT2D eigenvalue weighted by molar-refractivity contribution is 6.06. The number of benzene rings is 1. The molecule has 0 saturated carbocycles. The molecule has 1 aliphatic heterocycles. The number of carbonyl (C=O) groups is 1. The van der Waals surface area contributed by atoms with Crippen molar-refractivity contribution in [3.05, 3.63) is 71.7 Å². The van der Waals surface area contributed by atoms with Crippen LogP contribution in [0.5, 0.6) is 0 Å². The van der Waals surface area contributed by atoms with E-state index in [1.54, 1.807) is 7.11 Å². The van der Waals surface area contributed by atoms with E-state index in [1.165, 1.54) is 0 Å². The molecule has 4 rings (SSSR count). The number of fused-ring (bicyclic) bond motifs is 1. The van der Waals surface area contributed by atoms with Crippen molar-refractivity contribution in [1.82, 2.24) is 20.2 Å². The summed E-state index contributed by atoms with van der Waals surface area (Å²) in [7, 11) is 1.61. The van der Waals surface area contributed by atoms with Crippen molar-refractivity contribution in [2.45, 2.75) is 12.6 Å². The molecular formula is C23H26N4O3. The molecule has 0 spiro atoms. The van der Waals surface area contributed by atoms with Gasteiger partial charge < -0.3 is 14.8 Å². The first-order chi connectivity index (χ1) is 14.7. The molecule has 0 unspecified atom stereocenters. The van der Waals surface area contributed by atoms with Crippen LogP contribution in [0.3, 0.4) is 0 Å². The van der Waals surface area contributed by atoms with Crippen LogP contribution in [0.15, 0.2) is 54.7 Å². The van der Waals surface area contributed by atoms with Gasteiger partial charge in [-0.05, 0) is 24.3 Å². The number of nitrogens with zero attached hydrogens (tertiary/aromatic N) is 3. The van der Waals surface area contributed by atoms with E-state index in [1.807, 2.05) is 54.7 Å². The van der Waals surface area contributed by atoms with Crippen LogP contribution in [0.4, 0.5) is 0 Å². The smallest absolute Gasteiger partial charge is 0.252 e. The molecule has 1 amide bonds.